The van der Waals surface area contributed by atoms with Gasteiger partial charge < -0.3 is 5.32 Å². The zero-order valence-corrected chi connectivity index (χ0v) is 15.1. The number of anilines is 1. The molecule has 1 rings (SSSR count). The number of unbranched alkanes of at least 4 members (excludes halogenated alkanes) is 1. The number of nitro benzene ring substituents is 2. The number of hydrazine groups is 1. The first kappa shape index (κ1) is 20.6. The monoisotopic (exact) mass is 369 g/mol. The van der Waals surface area contributed by atoms with Gasteiger partial charge in [-0.3, -0.25) is 31.1 Å². The minimum atomic E-state index is -0.689. The fraction of sp³-hybridized carbons (Fsp3) is 0.533. The lowest BCUT2D eigenvalue weighted by molar-refractivity contribution is -0.393. The number of hydrogen-bond donors (Lipinski definition) is 3. The Balaban J connectivity index is 2.60. The second-order valence-electron chi connectivity index (χ2n) is 5.59. The first-order chi connectivity index (χ1) is 11.9. The topological polar surface area (TPSA) is 122 Å². The van der Waals surface area contributed by atoms with Gasteiger partial charge in [0.15, 0.2) is 5.11 Å². The second-order valence-corrected chi connectivity index (χ2v) is 6.00. The Morgan fingerprint density at radius 1 is 1.24 bits per heavy atom. The van der Waals surface area contributed by atoms with Crippen LogP contribution in [0.1, 0.15) is 39.5 Å². The van der Waals surface area contributed by atoms with Crippen LogP contribution in [0.2, 0.25) is 0 Å². The van der Waals surface area contributed by atoms with E-state index in [0.29, 0.717) is 17.6 Å². The molecule has 9 nitrogen and oxygen atoms in total. The maximum Gasteiger partial charge on any atom is 0.300 e. The zero-order valence-electron chi connectivity index (χ0n) is 14.3. The maximum atomic E-state index is 11.1. The van der Waals surface area contributed by atoms with E-state index in [9.17, 15) is 20.2 Å². The number of benzene rings is 1. The summed E-state index contributed by atoms with van der Waals surface area (Å²) in [5.74, 6) is 0.508. The smallest absolute Gasteiger partial charge is 0.300 e. The highest BCUT2D eigenvalue weighted by Crippen LogP contribution is 2.28. The summed E-state index contributed by atoms with van der Waals surface area (Å²) in [5, 5.41) is 25.2. The van der Waals surface area contributed by atoms with Gasteiger partial charge in [-0.15, -0.1) is 0 Å². The number of thiocarbonyl (C=S) groups is 1. The largest absolute Gasteiger partial charge is 0.361 e. The molecule has 0 aliphatic carbocycles. The molecule has 0 aliphatic heterocycles. The molecule has 0 amide bonds. The number of nitro groups is 2. The molecule has 0 spiro atoms. The standard InChI is InChI=1S/C15H23N5O4S/c1-3-5-6-11(4-2)10-16-15(25)18-17-13-8-7-12(19(21)22)9-14(13)20(23)24/h7-9,11,17H,3-6,10H2,1-2H3,(H2,16,18,25)/t11-/m0/s1. The Morgan fingerprint density at radius 3 is 2.52 bits per heavy atom. The molecule has 0 unspecified atom stereocenters. The normalized spacial score (nSPS) is 11.4. The van der Waals surface area contributed by atoms with Crippen LogP contribution >= 0.6 is 12.2 Å². The van der Waals surface area contributed by atoms with Crippen LogP contribution < -0.4 is 16.2 Å². The van der Waals surface area contributed by atoms with Gasteiger partial charge in [0.1, 0.15) is 5.69 Å². The first-order valence-electron chi connectivity index (χ1n) is 8.11. The number of rotatable bonds is 10. The molecule has 10 heteroatoms. The third-order valence-electron chi connectivity index (χ3n) is 3.79. The van der Waals surface area contributed by atoms with Crippen molar-refractivity contribution in [3.8, 4) is 0 Å². The molecule has 0 aliphatic rings. The number of hydrogen-bond acceptors (Lipinski definition) is 6. The van der Waals surface area contributed by atoms with E-state index in [1.807, 2.05) is 0 Å². The van der Waals surface area contributed by atoms with E-state index in [1.54, 1.807) is 0 Å². The van der Waals surface area contributed by atoms with Gasteiger partial charge in [-0.05, 0) is 30.6 Å². The van der Waals surface area contributed by atoms with Crippen LogP contribution in [0.5, 0.6) is 0 Å². The molecule has 0 heterocycles. The first-order valence-corrected chi connectivity index (χ1v) is 8.52. The van der Waals surface area contributed by atoms with Crippen molar-refractivity contribution in [3.05, 3.63) is 38.4 Å². The fourth-order valence-electron chi connectivity index (χ4n) is 2.24. The van der Waals surface area contributed by atoms with E-state index < -0.39 is 15.5 Å². The van der Waals surface area contributed by atoms with Gasteiger partial charge in [0.05, 0.1) is 15.9 Å². The van der Waals surface area contributed by atoms with Gasteiger partial charge in [-0.25, -0.2) is 0 Å². The molecule has 3 N–H and O–H groups in total. The van der Waals surface area contributed by atoms with Crippen LogP contribution in [-0.2, 0) is 0 Å². The number of nitrogens with zero attached hydrogens (tertiary/aromatic N) is 2. The summed E-state index contributed by atoms with van der Waals surface area (Å²) < 4.78 is 0. The molecule has 0 saturated carbocycles. The molecule has 25 heavy (non-hydrogen) atoms. The molecule has 0 saturated heterocycles. The summed E-state index contributed by atoms with van der Waals surface area (Å²) in [6.07, 6.45) is 4.46. The number of non-ortho nitro benzene ring substituents is 1. The van der Waals surface area contributed by atoms with E-state index >= 15 is 0 Å². The van der Waals surface area contributed by atoms with Crippen molar-refractivity contribution in [2.75, 3.05) is 12.0 Å². The lowest BCUT2D eigenvalue weighted by atomic mass is 9.99. The molecule has 0 aromatic heterocycles. The van der Waals surface area contributed by atoms with Crippen LogP contribution in [0.3, 0.4) is 0 Å². The van der Waals surface area contributed by atoms with E-state index in [-0.39, 0.29) is 11.4 Å². The lowest BCUT2D eigenvalue weighted by Crippen LogP contribution is -2.41. The van der Waals surface area contributed by atoms with Crippen LogP contribution in [0.15, 0.2) is 18.2 Å². The minimum Gasteiger partial charge on any atom is -0.361 e. The third kappa shape index (κ3) is 6.87. The van der Waals surface area contributed by atoms with Crippen molar-refractivity contribution in [3.63, 3.8) is 0 Å². The summed E-state index contributed by atoms with van der Waals surface area (Å²) in [4.78, 5) is 20.4. The summed E-state index contributed by atoms with van der Waals surface area (Å²) in [7, 11) is 0. The van der Waals surface area contributed by atoms with Crippen molar-refractivity contribution in [1.82, 2.24) is 10.7 Å². The van der Waals surface area contributed by atoms with Gasteiger partial charge in [-0.1, -0.05) is 33.1 Å². The molecule has 0 radical (unpaired) electrons. The van der Waals surface area contributed by atoms with E-state index in [0.717, 1.165) is 31.7 Å². The molecule has 0 bridgehead atoms. The van der Waals surface area contributed by atoms with E-state index in [4.69, 9.17) is 12.2 Å². The average Bonchev–Trinajstić information content (AvgIpc) is 2.59. The SMILES string of the molecule is CCCC[C@H](CC)CNC(=S)NNc1ccc([N+](=O)[O-])cc1[N+](=O)[O-]. The van der Waals surface area contributed by atoms with Gasteiger partial charge in [0.25, 0.3) is 5.69 Å². The average molecular weight is 369 g/mol. The van der Waals surface area contributed by atoms with Crippen LogP contribution in [0.4, 0.5) is 17.1 Å². The second kappa shape index (κ2) is 10.4. The molecular formula is C15H23N5O4S. The predicted molar refractivity (Wildman–Crippen MR) is 100 cm³/mol. The maximum absolute atomic E-state index is 11.1. The number of nitrogens with one attached hydrogen (secondary N) is 3. The summed E-state index contributed by atoms with van der Waals surface area (Å²) in [6.45, 7) is 4.98. The van der Waals surface area contributed by atoms with Crippen molar-refractivity contribution >= 4 is 34.4 Å². The van der Waals surface area contributed by atoms with Crippen molar-refractivity contribution in [2.24, 2.45) is 5.92 Å². The third-order valence-corrected chi connectivity index (χ3v) is 4.04. The van der Waals surface area contributed by atoms with Crippen LogP contribution in [0, 0.1) is 26.1 Å². The predicted octanol–water partition coefficient (Wildman–Crippen LogP) is 3.51. The molecular weight excluding hydrogens is 346 g/mol. The lowest BCUT2D eigenvalue weighted by Gasteiger charge is -2.17. The van der Waals surface area contributed by atoms with Gasteiger partial charge in [0.2, 0.25) is 0 Å². The Labute approximate surface area is 151 Å². The Hall–Kier alpha value is -2.49. The molecule has 1 atom stereocenters. The molecule has 138 valence electrons. The zero-order chi connectivity index (χ0) is 18.8. The van der Waals surface area contributed by atoms with Crippen LogP contribution in [0.25, 0.3) is 0 Å². The highest BCUT2D eigenvalue weighted by Gasteiger charge is 2.19. The summed E-state index contributed by atoms with van der Waals surface area (Å²) >= 11 is 5.15. The highest BCUT2D eigenvalue weighted by molar-refractivity contribution is 7.80. The van der Waals surface area contributed by atoms with Crippen molar-refractivity contribution in [1.29, 1.82) is 0 Å². The van der Waals surface area contributed by atoms with Crippen molar-refractivity contribution in [2.45, 2.75) is 39.5 Å². The van der Waals surface area contributed by atoms with Gasteiger partial charge in [-0.2, -0.15) is 0 Å². The Morgan fingerprint density at radius 2 is 1.96 bits per heavy atom. The van der Waals surface area contributed by atoms with Crippen molar-refractivity contribution < 1.29 is 9.85 Å². The Kier molecular flexibility index (Phi) is 8.54. The quantitative estimate of drug-likeness (QED) is 0.325. The summed E-state index contributed by atoms with van der Waals surface area (Å²) in [6, 6.07) is 3.35. The van der Waals surface area contributed by atoms with Gasteiger partial charge in [0, 0.05) is 12.6 Å². The van der Waals surface area contributed by atoms with E-state index in [2.05, 4.69) is 30.0 Å². The van der Waals surface area contributed by atoms with Crippen LogP contribution in [-0.4, -0.2) is 21.5 Å². The fourth-order valence-corrected chi connectivity index (χ4v) is 2.37. The minimum absolute atomic E-state index is 0.0952. The summed E-state index contributed by atoms with van der Waals surface area (Å²) in [5.41, 5.74) is 4.65. The molecule has 1 aromatic rings. The van der Waals surface area contributed by atoms with E-state index in [1.165, 1.54) is 12.1 Å². The Bertz CT molecular complexity index is 626. The van der Waals surface area contributed by atoms with Gasteiger partial charge >= 0.3 is 5.69 Å². The molecule has 0 fully saturated rings. The highest BCUT2D eigenvalue weighted by atomic mass is 32.1. The molecule has 1 aromatic carbocycles.